The van der Waals surface area contributed by atoms with E-state index in [0.717, 1.165) is 11.8 Å². The summed E-state index contributed by atoms with van der Waals surface area (Å²) < 4.78 is 13.8. The first-order valence-electron chi connectivity index (χ1n) is 6.78. The Morgan fingerprint density at radius 1 is 1.22 bits per heavy atom. The zero-order valence-electron chi connectivity index (χ0n) is 12.2. The molecular weight excluding hydrogens is 342 g/mol. The highest BCUT2D eigenvalue weighted by Crippen LogP contribution is 2.24. The fourth-order valence-electron chi connectivity index (χ4n) is 2.52. The number of pyridine rings is 2. The molecule has 2 aromatic heterocycles. The van der Waals surface area contributed by atoms with Crippen LogP contribution in [-0.4, -0.2) is 40.4 Å². The average molecular weight is 359 g/mol. The summed E-state index contributed by atoms with van der Waals surface area (Å²) in [5.74, 6) is -0.906. The molecule has 0 radical (unpaired) electrons. The van der Waals surface area contributed by atoms with Crippen LogP contribution in [-0.2, 0) is 0 Å². The minimum Gasteiger partial charge on any atom is -0.329 e. The number of nitrogens with zero attached hydrogens (tertiary/aromatic N) is 3. The maximum atomic E-state index is 13.8. The Bertz CT molecular complexity index is 644. The van der Waals surface area contributed by atoms with Gasteiger partial charge in [0.1, 0.15) is 0 Å². The molecule has 23 heavy (non-hydrogen) atoms. The first-order valence-corrected chi connectivity index (χ1v) is 6.78. The average Bonchev–Trinajstić information content (AvgIpc) is 2.55. The molecule has 124 valence electrons. The van der Waals surface area contributed by atoms with E-state index in [2.05, 4.69) is 15.3 Å². The standard InChI is InChI=1S/C15H15FN4O.2ClH/c16-13-9-18-5-3-12(13)15(21)20-7-6-19-10-14(20)11-2-1-4-17-8-11;;/h1-5,8-9,14,19H,6-7,10H2;2*1H. The van der Waals surface area contributed by atoms with Crippen molar-refractivity contribution in [3.63, 3.8) is 0 Å². The van der Waals surface area contributed by atoms with Crippen LogP contribution in [0, 0.1) is 5.82 Å². The Morgan fingerprint density at radius 3 is 2.70 bits per heavy atom. The number of aromatic nitrogens is 2. The minimum absolute atomic E-state index is 0. The van der Waals surface area contributed by atoms with Gasteiger partial charge in [-0.3, -0.25) is 14.8 Å². The molecule has 5 nitrogen and oxygen atoms in total. The van der Waals surface area contributed by atoms with Crippen LogP contribution in [0.25, 0.3) is 0 Å². The summed E-state index contributed by atoms with van der Waals surface area (Å²) in [6, 6.07) is 5.03. The molecule has 1 atom stereocenters. The monoisotopic (exact) mass is 358 g/mol. The summed E-state index contributed by atoms with van der Waals surface area (Å²) in [6.07, 6.45) is 5.92. The molecule has 0 spiro atoms. The van der Waals surface area contributed by atoms with Crippen LogP contribution in [0.4, 0.5) is 4.39 Å². The van der Waals surface area contributed by atoms with Gasteiger partial charge in [0.25, 0.3) is 5.91 Å². The summed E-state index contributed by atoms with van der Waals surface area (Å²) in [5, 5.41) is 3.26. The molecule has 1 amide bonds. The Labute approximate surface area is 146 Å². The van der Waals surface area contributed by atoms with Crippen molar-refractivity contribution in [2.45, 2.75) is 6.04 Å². The number of amides is 1. The highest BCUT2D eigenvalue weighted by atomic mass is 35.5. The number of rotatable bonds is 2. The van der Waals surface area contributed by atoms with Crippen molar-refractivity contribution in [1.29, 1.82) is 0 Å². The Morgan fingerprint density at radius 2 is 2.00 bits per heavy atom. The lowest BCUT2D eigenvalue weighted by molar-refractivity contribution is 0.0629. The maximum Gasteiger partial charge on any atom is 0.257 e. The molecule has 3 rings (SSSR count). The van der Waals surface area contributed by atoms with Gasteiger partial charge in [0, 0.05) is 38.2 Å². The summed E-state index contributed by atoms with van der Waals surface area (Å²) in [6.45, 7) is 1.85. The Balaban J connectivity index is 0.00000132. The molecule has 2 aromatic rings. The quantitative estimate of drug-likeness (QED) is 0.894. The molecule has 1 saturated heterocycles. The second-order valence-electron chi connectivity index (χ2n) is 4.86. The largest absolute Gasteiger partial charge is 0.329 e. The van der Waals surface area contributed by atoms with Crippen molar-refractivity contribution < 1.29 is 9.18 Å². The van der Waals surface area contributed by atoms with Gasteiger partial charge >= 0.3 is 0 Å². The third-order valence-electron chi connectivity index (χ3n) is 3.58. The van der Waals surface area contributed by atoms with Crippen LogP contribution in [0.5, 0.6) is 0 Å². The molecule has 0 aromatic carbocycles. The van der Waals surface area contributed by atoms with E-state index >= 15 is 0 Å². The van der Waals surface area contributed by atoms with Gasteiger partial charge in [0.15, 0.2) is 5.82 Å². The van der Waals surface area contributed by atoms with Gasteiger partial charge < -0.3 is 10.2 Å². The molecule has 1 fully saturated rings. The van der Waals surface area contributed by atoms with Crippen molar-refractivity contribution in [2.24, 2.45) is 0 Å². The van der Waals surface area contributed by atoms with Gasteiger partial charge in [-0.25, -0.2) is 4.39 Å². The van der Waals surface area contributed by atoms with Crippen molar-refractivity contribution in [3.05, 3.63) is 59.9 Å². The summed E-state index contributed by atoms with van der Waals surface area (Å²) in [5.41, 5.74) is 0.994. The molecule has 1 N–H and O–H groups in total. The SMILES string of the molecule is Cl.Cl.O=C(c1ccncc1F)N1CCNCC1c1cccnc1. The van der Waals surface area contributed by atoms with Crippen LogP contribution in [0.15, 0.2) is 43.0 Å². The number of hydrogen-bond acceptors (Lipinski definition) is 4. The topological polar surface area (TPSA) is 58.1 Å². The van der Waals surface area contributed by atoms with E-state index in [1.165, 1.54) is 12.3 Å². The van der Waals surface area contributed by atoms with Gasteiger partial charge in [-0.05, 0) is 17.7 Å². The van der Waals surface area contributed by atoms with Crippen molar-refractivity contribution in [3.8, 4) is 0 Å². The zero-order chi connectivity index (χ0) is 14.7. The molecule has 0 saturated carbocycles. The lowest BCUT2D eigenvalue weighted by atomic mass is 10.0. The Kier molecular flexibility index (Phi) is 7.35. The van der Waals surface area contributed by atoms with Gasteiger partial charge in [0.2, 0.25) is 0 Å². The van der Waals surface area contributed by atoms with Crippen molar-refractivity contribution in [2.75, 3.05) is 19.6 Å². The maximum absolute atomic E-state index is 13.8. The predicted octanol–water partition coefficient (Wildman–Crippen LogP) is 2.25. The van der Waals surface area contributed by atoms with E-state index in [4.69, 9.17) is 0 Å². The van der Waals surface area contributed by atoms with Crippen LogP contribution in [0.1, 0.15) is 22.0 Å². The van der Waals surface area contributed by atoms with Gasteiger partial charge in [-0.15, -0.1) is 24.8 Å². The van der Waals surface area contributed by atoms with Crippen LogP contribution >= 0.6 is 24.8 Å². The summed E-state index contributed by atoms with van der Waals surface area (Å²) in [7, 11) is 0. The number of carbonyl (C=O) groups excluding carboxylic acids is 1. The second-order valence-corrected chi connectivity index (χ2v) is 4.86. The predicted molar refractivity (Wildman–Crippen MR) is 89.6 cm³/mol. The molecule has 8 heteroatoms. The number of halogens is 3. The number of hydrogen-bond donors (Lipinski definition) is 1. The van der Waals surface area contributed by atoms with Gasteiger partial charge in [-0.1, -0.05) is 6.07 Å². The summed E-state index contributed by atoms with van der Waals surface area (Å²) >= 11 is 0. The molecule has 0 aliphatic carbocycles. The first-order chi connectivity index (χ1) is 10.3. The smallest absolute Gasteiger partial charge is 0.257 e. The Hall–Kier alpha value is -1.76. The second kappa shape index (κ2) is 8.76. The van der Waals surface area contributed by atoms with Gasteiger partial charge in [0.05, 0.1) is 17.8 Å². The first kappa shape index (κ1) is 19.3. The van der Waals surface area contributed by atoms with E-state index in [-0.39, 0.29) is 42.3 Å². The molecule has 3 heterocycles. The van der Waals surface area contributed by atoms with E-state index in [9.17, 15) is 9.18 Å². The van der Waals surface area contributed by atoms with Crippen LogP contribution in [0.3, 0.4) is 0 Å². The third-order valence-corrected chi connectivity index (χ3v) is 3.58. The highest BCUT2D eigenvalue weighted by Gasteiger charge is 2.29. The van der Waals surface area contributed by atoms with E-state index in [1.807, 2.05) is 12.1 Å². The van der Waals surface area contributed by atoms with Gasteiger partial charge in [-0.2, -0.15) is 0 Å². The van der Waals surface area contributed by atoms with Crippen molar-refractivity contribution in [1.82, 2.24) is 20.2 Å². The third kappa shape index (κ3) is 4.16. The van der Waals surface area contributed by atoms with Crippen LogP contribution in [0.2, 0.25) is 0 Å². The van der Waals surface area contributed by atoms with E-state index in [0.29, 0.717) is 19.6 Å². The lowest BCUT2D eigenvalue weighted by Crippen LogP contribution is -2.48. The fourth-order valence-corrected chi connectivity index (χ4v) is 2.52. The zero-order valence-corrected chi connectivity index (χ0v) is 13.8. The van der Waals surface area contributed by atoms with E-state index in [1.54, 1.807) is 17.3 Å². The van der Waals surface area contributed by atoms with Crippen LogP contribution < -0.4 is 5.32 Å². The minimum atomic E-state index is -0.592. The number of piperazine rings is 1. The molecule has 1 unspecified atom stereocenters. The lowest BCUT2D eigenvalue weighted by Gasteiger charge is -2.36. The number of carbonyl (C=O) groups is 1. The van der Waals surface area contributed by atoms with E-state index < -0.39 is 5.82 Å². The molecular formula is C15H17Cl2FN4O. The normalized spacial score (nSPS) is 16.9. The molecule has 1 aliphatic rings. The summed E-state index contributed by atoms with van der Waals surface area (Å²) in [4.78, 5) is 22.1. The molecule has 1 aliphatic heterocycles. The highest BCUT2D eigenvalue weighted by molar-refractivity contribution is 5.94. The van der Waals surface area contributed by atoms with Crippen molar-refractivity contribution >= 4 is 30.7 Å². The number of nitrogens with one attached hydrogen (secondary N) is 1. The molecule has 0 bridgehead atoms. The fraction of sp³-hybridized carbons (Fsp3) is 0.267.